The van der Waals surface area contributed by atoms with E-state index < -0.39 is 37.5 Å². The van der Waals surface area contributed by atoms with E-state index in [4.69, 9.17) is 20.2 Å². The van der Waals surface area contributed by atoms with E-state index in [1.54, 1.807) is 18.2 Å². The minimum atomic E-state index is -2.29. The Balaban J connectivity index is 1.30. The summed E-state index contributed by atoms with van der Waals surface area (Å²) in [5.41, 5.74) is 11.9. The van der Waals surface area contributed by atoms with Gasteiger partial charge in [0.05, 0.1) is 42.1 Å². The highest BCUT2D eigenvalue weighted by molar-refractivity contribution is 6.90. The molecule has 2 aromatic heterocycles. The van der Waals surface area contributed by atoms with Gasteiger partial charge < -0.3 is 20.1 Å². The zero-order chi connectivity index (χ0) is 39.7. The molecule has 13 heteroatoms. The molecule has 8 nitrogen and oxygen atoms in total. The third kappa shape index (κ3) is 6.32. The van der Waals surface area contributed by atoms with Crippen LogP contribution in [0.4, 0.5) is 29.1 Å². The van der Waals surface area contributed by atoms with E-state index in [1.807, 2.05) is 4.90 Å². The van der Waals surface area contributed by atoms with E-state index in [9.17, 15) is 4.39 Å². The Kier molecular flexibility index (Phi) is 10.1. The van der Waals surface area contributed by atoms with Crippen molar-refractivity contribution in [3.63, 3.8) is 0 Å². The van der Waals surface area contributed by atoms with Crippen LogP contribution >= 0.6 is 0 Å². The summed E-state index contributed by atoms with van der Waals surface area (Å²) in [4.78, 5) is 18.1. The number of anilines is 2. The normalized spacial score (nSPS) is 24.6. The van der Waals surface area contributed by atoms with E-state index in [0.29, 0.717) is 76.9 Å². The van der Waals surface area contributed by atoms with Gasteiger partial charge >= 0.3 is 6.01 Å². The average Bonchev–Trinajstić information content (AvgIpc) is 3.52. The molecule has 0 amide bonds. The fraction of sp³-hybridized carbons (Fsp3) is 0.512. The first-order chi connectivity index (χ1) is 26.8. The topological polar surface area (TPSA) is 89.6 Å². The highest BCUT2D eigenvalue weighted by Gasteiger charge is 2.56. The number of rotatable bonds is 8. The molecule has 4 fully saturated rings. The number of hydrogen-bond donors (Lipinski definition) is 1. The lowest BCUT2D eigenvalue weighted by Crippen LogP contribution is -2.43. The summed E-state index contributed by atoms with van der Waals surface area (Å²) in [5, 5.41) is 1.29. The quantitative estimate of drug-likeness (QED) is 0.0821. The van der Waals surface area contributed by atoms with Gasteiger partial charge in [0.1, 0.15) is 43.7 Å². The Morgan fingerprint density at radius 2 is 1.86 bits per heavy atom. The van der Waals surface area contributed by atoms with Gasteiger partial charge in [-0.2, -0.15) is 9.97 Å². The van der Waals surface area contributed by atoms with Gasteiger partial charge in [-0.1, -0.05) is 53.5 Å². The van der Waals surface area contributed by atoms with Crippen molar-refractivity contribution in [3.05, 3.63) is 59.6 Å². The molecular weight excluding hydrogens is 737 g/mol. The lowest BCUT2D eigenvalue weighted by atomic mass is 9.94. The first-order valence-electron chi connectivity index (χ1n) is 19.9. The standard InChI is InChI=1S/C43H50F4N6O2Si/c1-24(2)56(25(3)4,26(5)6)15-10-30-34(45)9-8-28-16-29(48)17-31(35(28)30)38-37(47)39-32(20-49-38)41(53-13-14-54-22-33-36(46)40(33)53)51-42(50-39)55-23-43-11-7-12-52(43)21-27(18-43)19-44/h8-9,16-17,19-20,24-26,33,36,40H,7,11-14,18,21-23,48H2,1-6H3/b27-19+/t33-,36-,40-,43-/m0/s1. The number of ether oxygens (including phenoxy) is 2. The molecule has 4 aliphatic rings. The van der Waals surface area contributed by atoms with Crippen LogP contribution in [0.25, 0.3) is 32.9 Å². The van der Waals surface area contributed by atoms with Crippen molar-refractivity contribution in [2.24, 2.45) is 5.92 Å². The summed E-state index contributed by atoms with van der Waals surface area (Å²) in [7, 11) is -2.29. The Hall–Kier alpha value is -4.25. The number of aromatic nitrogens is 3. The summed E-state index contributed by atoms with van der Waals surface area (Å²) in [5.74, 6) is 1.96. The lowest BCUT2D eigenvalue weighted by molar-refractivity contribution is 0.108. The first-order valence-corrected chi connectivity index (χ1v) is 22.1. The highest BCUT2D eigenvalue weighted by Crippen LogP contribution is 2.47. The molecular formula is C43H50F4N6O2Si. The van der Waals surface area contributed by atoms with Crippen LogP contribution in [-0.4, -0.2) is 85.1 Å². The van der Waals surface area contributed by atoms with Crippen LogP contribution < -0.4 is 15.4 Å². The fourth-order valence-corrected chi connectivity index (χ4v) is 15.4. The lowest BCUT2D eigenvalue weighted by Gasteiger charge is -2.38. The number of fused-ring (bicyclic) bond motifs is 4. The fourth-order valence-electron chi connectivity index (χ4n) is 10.2. The maximum absolute atomic E-state index is 17.4. The molecule has 0 bridgehead atoms. The van der Waals surface area contributed by atoms with E-state index in [-0.39, 0.29) is 52.9 Å². The van der Waals surface area contributed by atoms with Crippen LogP contribution in [-0.2, 0) is 4.74 Å². The van der Waals surface area contributed by atoms with Crippen LogP contribution in [0, 0.1) is 29.0 Å². The number of nitrogens with zero attached hydrogens (tertiary/aromatic N) is 5. The summed E-state index contributed by atoms with van der Waals surface area (Å²) < 4.78 is 74.4. The molecule has 2 aromatic carbocycles. The Bertz CT molecular complexity index is 2270. The molecule has 8 rings (SSSR count). The van der Waals surface area contributed by atoms with Gasteiger partial charge in [0.2, 0.25) is 0 Å². The number of alkyl halides is 1. The number of benzene rings is 2. The molecule has 1 aliphatic carbocycles. The van der Waals surface area contributed by atoms with Gasteiger partial charge in [-0.05, 0) is 71.6 Å². The van der Waals surface area contributed by atoms with Crippen molar-refractivity contribution in [1.29, 1.82) is 0 Å². The van der Waals surface area contributed by atoms with Gasteiger partial charge in [0.15, 0.2) is 5.82 Å². The SMILES string of the molecule is CC(C)[Si](C#Cc1c(F)ccc2cc(N)cc(-c3ncc4c(N5CCOC[C@H]6[C@H](F)[C@H]65)nc(OC[C@@]56CCCN5C/C(=C/F)C6)nc4c3F)c12)(C(C)C)C(C)C. The summed E-state index contributed by atoms with van der Waals surface area (Å²) in [6.07, 6.45) is 3.31. The smallest absolute Gasteiger partial charge is 0.319 e. The third-order valence-electron chi connectivity index (χ3n) is 13.0. The van der Waals surface area contributed by atoms with E-state index in [2.05, 4.69) is 67.9 Å². The van der Waals surface area contributed by atoms with Gasteiger partial charge in [-0.25, -0.2) is 17.6 Å². The number of nitrogens with two attached hydrogens (primary N) is 1. The van der Waals surface area contributed by atoms with Crippen molar-refractivity contribution < 1.29 is 27.0 Å². The van der Waals surface area contributed by atoms with Crippen molar-refractivity contribution in [3.8, 4) is 28.7 Å². The first kappa shape index (κ1) is 38.6. The molecule has 5 heterocycles. The summed E-state index contributed by atoms with van der Waals surface area (Å²) >= 11 is 0. The van der Waals surface area contributed by atoms with Crippen LogP contribution in [0.15, 0.2) is 42.4 Å². The molecule has 4 aromatic rings. The molecule has 56 heavy (non-hydrogen) atoms. The maximum atomic E-state index is 17.4. The monoisotopic (exact) mass is 786 g/mol. The Labute approximate surface area is 326 Å². The molecule has 1 saturated carbocycles. The molecule has 3 saturated heterocycles. The van der Waals surface area contributed by atoms with Crippen molar-refractivity contribution >= 4 is 41.3 Å². The molecule has 0 spiro atoms. The van der Waals surface area contributed by atoms with Crippen LogP contribution in [0.3, 0.4) is 0 Å². The number of nitrogen functional groups attached to an aromatic ring is 1. The number of pyridine rings is 1. The molecule has 0 radical (unpaired) electrons. The van der Waals surface area contributed by atoms with E-state index >= 15 is 13.2 Å². The van der Waals surface area contributed by atoms with Crippen molar-refractivity contribution in [1.82, 2.24) is 19.9 Å². The van der Waals surface area contributed by atoms with Gasteiger partial charge in [0, 0.05) is 41.8 Å². The van der Waals surface area contributed by atoms with Gasteiger partial charge in [-0.15, -0.1) is 5.54 Å². The predicted molar refractivity (Wildman–Crippen MR) is 216 cm³/mol. The second-order valence-corrected chi connectivity index (χ2v) is 22.7. The third-order valence-corrected chi connectivity index (χ3v) is 19.3. The van der Waals surface area contributed by atoms with Gasteiger partial charge in [-0.3, -0.25) is 9.88 Å². The van der Waals surface area contributed by atoms with E-state index in [1.165, 1.54) is 12.3 Å². The zero-order valence-corrected chi connectivity index (χ0v) is 33.9. The zero-order valence-electron chi connectivity index (χ0n) is 32.9. The average molecular weight is 787 g/mol. The second kappa shape index (κ2) is 14.6. The number of hydrogen-bond acceptors (Lipinski definition) is 8. The van der Waals surface area contributed by atoms with Crippen LogP contribution in [0.2, 0.25) is 16.6 Å². The van der Waals surface area contributed by atoms with Crippen molar-refractivity contribution in [2.75, 3.05) is 50.1 Å². The minimum absolute atomic E-state index is 0.0743. The summed E-state index contributed by atoms with van der Waals surface area (Å²) in [6.45, 7) is 15.6. The Morgan fingerprint density at radius 1 is 1.09 bits per heavy atom. The van der Waals surface area contributed by atoms with Crippen LogP contribution in [0.1, 0.15) is 66.4 Å². The van der Waals surface area contributed by atoms with Gasteiger partial charge in [0.25, 0.3) is 0 Å². The van der Waals surface area contributed by atoms with Crippen LogP contribution in [0.5, 0.6) is 6.01 Å². The molecule has 4 atom stereocenters. The predicted octanol–water partition coefficient (Wildman–Crippen LogP) is 8.92. The molecule has 3 aliphatic heterocycles. The second-order valence-electron chi connectivity index (χ2n) is 17.1. The molecule has 0 unspecified atom stereocenters. The molecule has 2 N–H and O–H groups in total. The minimum Gasteiger partial charge on any atom is -0.461 e. The van der Waals surface area contributed by atoms with Crippen molar-refractivity contribution in [2.45, 2.75) is 95.2 Å². The Morgan fingerprint density at radius 3 is 2.59 bits per heavy atom. The number of halogens is 4. The van der Waals surface area contributed by atoms with E-state index in [0.717, 1.165) is 19.4 Å². The summed E-state index contributed by atoms with van der Waals surface area (Å²) in [6, 6.07) is 5.75. The molecule has 296 valence electrons. The maximum Gasteiger partial charge on any atom is 0.319 e. The largest absolute Gasteiger partial charge is 0.461 e. The highest BCUT2D eigenvalue weighted by atomic mass is 28.3.